The number of nitrogens with zero attached hydrogens (tertiary/aromatic N) is 4. The summed E-state index contributed by atoms with van der Waals surface area (Å²) >= 11 is 0. The van der Waals surface area contributed by atoms with E-state index in [0.717, 1.165) is 62.4 Å². The topological polar surface area (TPSA) is 102 Å². The van der Waals surface area contributed by atoms with E-state index in [1.54, 1.807) is 4.90 Å². The summed E-state index contributed by atoms with van der Waals surface area (Å²) in [4.78, 5) is 57.8. The average Bonchev–Trinajstić information content (AvgIpc) is 3.32. The molecule has 0 aliphatic carbocycles. The van der Waals surface area contributed by atoms with Crippen molar-refractivity contribution in [3.05, 3.63) is 65.2 Å². The number of piperidine rings is 2. The number of nitrogens with one attached hydrogen (secondary N) is 1. The van der Waals surface area contributed by atoms with Gasteiger partial charge in [-0.05, 0) is 54.0 Å². The maximum absolute atomic E-state index is 13.0. The van der Waals surface area contributed by atoms with Crippen LogP contribution in [-0.4, -0.2) is 90.4 Å². The van der Waals surface area contributed by atoms with Crippen molar-refractivity contribution in [2.75, 3.05) is 50.7 Å². The minimum Gasteiger partial charge on any atom is -0.445 e. The molecule has 0 aromatic heterocycles. The Labute approximate surface area is 246 Å². The van der Waals surface area contributed by atoms with E-state index >= 15 is 0 Å². The van der Waals surface area contributed by atoms with Crippen molar-refractivity contribution < 1.29 is 23.9 Å². The molecule has 2 aromatic carbocycles. The van der Waals surface area contributed by atoms with Crippen molar-refractivity contribution in [3.63, 3.8) is 0 Å². The maximum atomic E-state index is 13.0. The summed E-state index contributed by atoms with van der Waals surface area (Å²) in [5.41, 5.74) is 3.88. The van der Waals surface area contributed by atoms with Crippen LogP contribution in [0.15, 0.2) is 48.5 Å². The van der Waals surface area contributed by atoms with E-state index in [4.69, 9.17) is 4.74 Å². The van der Waals surface area contributed by atoms with E-state index in [-0.39, 0.29) is 35.7 Å². The fourth-order valence-electron chi connectivity index (χ4n) is 6.66. The molecular formula is C32H39N5O5. The fraction of sp³-hybridized carbons (Fsp3) is 0.500. The van der Waals surface area contributed by atoms with Gasteiger partial charge < -0.3 is 19.4 Å². The number of hydrogen-bond donors (Lipinski definition) is 1. The molecular weight excluding hydrogens is 534 g/mol. The molecule has 4 aliphatic rings. The molecule has 42 heavy (non-hydrogen) atoms. The summed E-state index contributed by atoms with van der Waals surface area (Å²) in [6.45, 7) is 9.00. The van der Waals surface area contributed by atoms with Crippen LogP contribution >= 0.6 is 0 Å². The number of carbonyl (C=O) groups excluding carboxylic acids is 4. The van der Waals surface area contributed by atoms with Gasteiger partial charge in [-0.15, -0.1) is 0 Å². The molecule has 0 radical (unpaired) electrons. The number of imide groups is 1. The lowest BCUT2D eigenvalue weighted by Gasteiger charge is -2.44. The van der Waals surface area contributed by atoms with Gasteiger partial charge in [0.25, 0.3) is 5.91 Å². The predicted octanol–water partition coefficient (Wildman–Crippen LogP) is 3.01. The highest BCUT2D eigenvalue weighted by molar-refractivity contribution is 6.05. The molecule has 6 rings (SSSR count). The third-order valence-electron chi connectivity index (χ3n) is 9.28. The molecule has 10 nitrogen and oxygen atoms in total. The Bertz CT molecular complexity index is 1350. The molecule has 0 saturated carbocycles. The lowest BCUT2D eigenvalue weighted by atomic mass is 9.79. The molecule has 1 N–H and O–H groups in total. The summed E-state index contributed by atoms with van der Waals surface area (Å²) in [7, 11) is 0. The first-order chi connectivity index (χ1) is 20.3. The Morgan fingerprint density at radius 3 is 2.43 bits per heavy atom. The number of hydrogen-bond acceptors (Lipinski definition) is 7. The lowest BCUT2D eigenvalue weighted by Crippen LogP contribution is -2.52. The van der Waals surface area contributed by atoms with Crippen LogP contribution in [0, 0.1) is 5.41 Å². The molecule has 4 aliphatic heterocycles. The van der Waals surface area contributed by atoms with Gasteiger partial charge in [0.15, 0.2) is 0 Å². The van der Waals surface area contributed by atoms with Crippen LogP contribution in [0.2, 0.25) is 0 Å². The second-order valence-electron chi connectivity index (χ2n) is 12.3. The summed E-state index contributed by atoms with van der Waals surface area (Å²) < 4.78 is 5.52. The van der Waals surface area contributed by atoms with E-state index < -0.39 is 6.04 Å². The molecule has 10 heteroatoms. The minimum absolute atomic E-state index is 0.137. The fourth-order valence-corrected chi connectivity index (χ4v) is 6.66. The van der Waals surface area contributed by atoms with Gasteiger partial charge in [-0.2, -0.15) is 0 Å². The van der Waals surface area contributed by atoms with E-state index in [9.17, 15) is 19.2 Å². The molecule has 4 amide bonds. The Balaban J connectivity index is 0.976. The van der Waals surface area contributed by atoms with Crippen LogP contribution in [0.5, 0.6) is 0 Å². The summed E-state index contributed by atoms with van der Waals surface area (Å²) in [5, 5.41) is 2.36. The highest BCUT2D eigenvalue weighted by atomic mass is 16.6. The standard InChI is InChI=1S/C32H39N5O5/c1-32(22-34-15-17-36(18-16-34)31(41)42-21-23-5-3-2-4-6-23)11-13-35(14-12-32)25-7-8-26-24(19-25)20-37(30(26)40)27-9-10-28(38)33-29(27)39/h2-8,19,27H,9-18,20-22H2,1H3,(H,33,38,39). The molecule has 1 atom stereocenters. The maximum Gasteiger partial charge on any atom is 0.410 e. The third-order valence-corrected chi connectivity index (χ3v) is 9.28. The Kier molecular flexibility index (Phi) is 7.90. The number of piperazine rings is 1. The normalized spacial score (nSPS) is 22.6. The smallest absolute Gasteiger partial charge is 0.410 e. The molecule has 2 aromatic rings. The largest absolute Gasteiger partial charge is 0.445 e. The molecule has 3 saturated heterocycles. The predicted molar refractivity (Wildman–Crippen MR) is 157 cm³/mol. The van der Waals surface area contributed by atoms with Crippen LogP contribution in [-0.2, 0) is 27.5 Å². The van der Waals surface area contributed by atoms with Gasteiger partial charge in [0.05, 0.1) is 0 Å². The van der Waals surface area contributed by atoms with E-state index in [1.165, 1.54) is 0 Å². The first-order valence-corrected chi connectivity index (χ1v) is 15.0. The number of amides is 4. The Hall–Kier alpha value is -3.92. The van der Waals surface area contributed by atoms with Crippen molar-refractivity contribution in [2.24, 2.45) is 5.41 Å². The van der Waals surface area contributed by atoms with Crippen LogP contribution < -0.4 is 10.2 Å². The van der Waals surface area contributed by atoms with E-state index in [2.05, 4.69) is 28.1 Å². The quantitative estimate of drug-likeness (QED) is 0.530. The van der Waals surface area contributed by atoms with Gasteiger partial charge >= 0.3 is 6.09 Å². The first kappa shape index (κ1) is 28.2. The zero-order valence-electron chi connectivity index (χ0n) is 24.2. The highest BCUT2D eigenvalue weighted by Gasteiger charge is 2.40. The van der Waals surface area contributed by atoms with Crippen molar-refractivity contribution >= 4 is 29.5 Å². The molecule has 0 spiro atoms. The average molecular weight is 574 g/mol. The van der Waals surface area contributed by atoms with Crippen molar-refractivity contribution in [1.82, 2.24) is 20.0 Å². The number of anilines is 1. The van der Waals surface area contributed by atoms with Crippen LogP contribution in [0.1, 0.15) is 54.1 Å². The molecule has 3 fully saturated rings. The number of benzene rings is 2. The van der Waals surface area contributed by atoms with E-state index in [0.29, 0.717) is 38.2 Å². The van der Waals surface area contributed by atoms with Crippen LogP contribution in [0.3, 0.4) is 0 Å². The van der Waals surface area contributed by atoms with Gasteiger partial charge in [-0.1, -0.05) is 37.3 Å². The van der Waals surface area contributed by atoms with Crippen molar-refractivity contribution in [1.29, 1.82) is 0 Å². The molecule has 222 valence electrons. The summed E-state index contributed by atoms with van der Waals surface area (Å²) in [6, 6.07) is 15.2. The number of ether oxygens (including phenoxy) is 1. The van der Waals surface area contributed by atoms with Gasteiger partial charge in [0.1, 0.15) is 12.6 Å². The number of carbonyl (C=O) groups is 4. The van der Waals surface area contributed by atoms with Gasteiger partial charge in [0, 0.05) is 70.0 Å². The zero-order chi connectivity index (χ0) is 29.3. The Morgan fingerprint density at radius 1 is 0.976 bits per heavy atom. The summed E-state index contributed by atoms with van der Waals surface area (Å²) in [6.07, 6.45) is 2.50. The van der Waals surface area contributed by atoms with Crippen molar-refractivity contribution in [3.8, 4) is 0 Å². The molecule has 4 heterocycles. The highest BCUT2D eigenvalue weighted by Crippen LogP contribution is 2.36. The first-order valence-electron chi connectivity index (χ1n) is 15.0. The number of rotatable bonds is 6. The van der Waals surface area contributed by atoms with Crippen LogP contribution in [0.4, 0.5) is 10.5 Å². The van der Waals surface area contributed by atoms with Gasteiger partial charge in [-0.3, -0.25) is 24.6 Å². The van der Waals surface area contributed by atoms with Crippen molar-refractivity contribution in [2.45, 2.75) is 51.8 Å². The Morgan fingerprint density at radius 2 is 1.71 bits per heavy atom. The van der Waals surface area contributed by atoms with Gasteiger partial charge in [0.2, 0.25) is 11.8 Å². The third kappa shape index (κ3) is 5.99. The monoisotopic (exact) mass is 573 g/mol. The molecule has 0 bridgehead atoms. The minimum atomic E-state index is -0.594. The number of fused-ring (bicyclic) bond motifs is 1. The summed E-state index contributed by atoms with van der Waals surface area (Å²) in [5.74, 6) is -0.796. The van der Waals surface area contributed by atoms with Gasteiger partial charge in [-0.25, -0.2) is 4.79 Å². The zero-order valence-corrected chi connectivity index (χ0v) is 24.2. The van der Waals surface area contributed by atoms with E-state index in [1.807, 2.05) is 47.4 Å². The van der Waals surface area contributed by atoms with Crippen LogP contribution in [0.25, 0.3) is 0 Å². The second kappa shape index (κ2) is 11.8. The molecule has 1 unspecified atom stereocenters. The second-order valence-corrected chi connectivity index (χ2v) is 12.3. The SMILES string of the molecule is CC1(CN2CCN(C(=O)OCc3ccccc3)CC2)CCN(c2ccc3c(c2)CN(C2CCC(=O)NC2=O)C3=O)CC1. The lowest BCUT2D eigenvalue weighted by molar-refractivity contribution is -0.136.